The molecule has 0 saturated heterocycles. The Balaban J connectivity index is 1.70. The second-order valence-electron chi connectivity index (χ2n) is 9.73. The van der Waals surface area contributed by atoms with Gasteiger partial charge in [-0.1, -0.05) is 13.8 Å². The predicted octanol–water partition coefficient (Wildman–Crippen LogP) is 4.22. The molecule has 1 aliphatic carbocycles. The Morgan fingerprint density at radius 3 is 2.73 bits per heavy atom. The molecule has 33 heavy (non-hydrogen) atoms. The lowest BCUT2D eigenvalue weighted by atomic mass is 9.77. The van der Waals surface area contributed by atoms with E-state index in [9.17, 15) is 19.1 Å². The third kappa shape index (κ3) is 2.56. The Bertz CT molecular complexity index is 1450. The molecule has 1 N–H and O–H groups in total. The van der Waals surface area contributed by atoms with Gasteiger partial charge in [-0.05, 0) is 83.3 Å². The molecule has 0 fully saturated rings. The summed E-state index contributed by atoms with van der Waals surface area (Å²) in [5.41, 5.74) is 4.39. The molecule has 170 valence electrons. The van der Waals surface area contributed by atoms with Crippen molar-refractivity contribution < 1.29 is 19.0 Å². The van der Waals surface area contributed by atoms with Crippen LogP contribution in [0, 0.1) is 12.7 Å². The van der Waals surface area contributed by atoms with E-state index in [2.05, 4.69) is 6.92 Å². The van der Waals surface area contributed by atoms with E-state index in [1.165, 1.54) is 5.56 Å². The van der Waals surface area contributed by atoms with Gasteiger partial charge in [0.15, 0.2) is 5.60 Å². The van der Waals surface area contributed by atoms with E-state index in [4.69, 9.17) is 4.74 Å². The first-order valence-corrected chi connectivity index (χ1v) is 11.7. The summed E-state index contributed by atoms with van der Waals surface area (Å²) in [4.78, 5) is 26.2. The van der Waals surface area contributed by atoms with Gasteiger partial charge in [0, 0.05) is 23.1 Å². The van der Waals surface area contributed by atoms with Crippen molar-refractivity contribution >= 4 is 16.7 Å². The molecule has 0 amide bonds. The highest BCUT2D eigenvalue weighted by atomic mass is 19.1. The van der Waals surface area contributed by atoms with Crippen molar-refractivity contribution in [3.63, 3.8) is 0 Å². The van der Waals surface area contributed by atoms with Crippen molar-refractivity contribution in [2.45, 2.75) is 64.5 Å². The largest absolute Gasteiger partial charge is 0.463 e. The van der Waals surface area contributed by atoms with E-state index < -0.39 is 11.6 Å². The van der Waals surface area contributed by atoms with Crippen LogP contribution in [-0.4, -0.2) is 22.2 Å². The van der Waals surface area contributed by atoms with Gasteiger partial charge < -0.3 is 14.4 Å². The highest BCUT2D eigenvalue weighted by Gasteiger charge is 2.44. The van der Waals surface area contributed by atoms with Gasteiger partial charge in [0.25, 0.3) is 5.56 Å². The van der Waals surface area contributed by atoms with Crippen LogP contribution < -0.4 is 5.56 Å². The third-order valence-corrected chi connectivity index (χ3v) is 8.10. The van der Waals surface area contributed by atoms with Gasteiger partial charge >= 0.3 is 5.97 Å². The zero-order chi connectivity index (χ0) is 23.2. The standard InChI is InChI=1S/C27H26FNO4/c1-4-27(32)20-11-22-18-9-15-10-21(28)14(3)16-6-5-13(2)23(24(15)16)19(18)12-29(22)25(30)17(20)7-8-33-26(27)31/h9-11,13,32H,4-8,12H2,1-3H3/t13-,27-/m0/s1. The number of carbonyl (C=O) groups excluding carboxylic acids is 1. The van der Waals surface area contributed by atoms with Gasteiger partial charge in [0.05, 0.1) is 18.8 Å². The van der Waals surface area contributed by atoms with Crippen LogP contribution in [0.3, 0.4) is 0 Å². The number of rotatable bonds is 1. The van der Waals surface area contributed by atoms with Gasteiger partial charge in [0.2, 0.25) is 0 Å². The minimum absolute atomic E-state index is 0.0732. The Hall–Kier alpha value is -2.99. The van der Waals surface area contributed by atoms with Crippen LogP contribution >= 0.6 is 0 Å². The topological polar surface area (TPSA) is 68.5 Å². The zero-order valence-corrected chi connectivity index (χ0v) is 19.0. The number of cyclic esters (lactones) is 1. The molecule has 2 aliphatic heterocycles. The number of benzene rings is 2. The van der Waals surface area contributed by atoms with Gasteiger partial charge in [-0.2, -0.15) is 0 Å². The van der Waals surface area contributed by atoms with E-state index >= 15 is 0 Å². The third-order valence-electron chi connectivity index (χ3n) is 8.10. The van der Waals surface area contributed by atoms with E-state index in [-0.39, 0.29) is 30.8 Å². The smallest absolute Gasteiger partial charge is 0.342 e. The monoisotopic (exact) mass is 447 g/mol. The van der Waals surface area contributed by atoms with Crippen LogP contribution in [0.15, 0.2) is 23.0 Å². The molecule has 0 radical (unpaired) electrons. The van der Waals surface area contributed by atoms with Crippen molar-refractivity contribution in [1.82, 2.24) is 4.57 Å². The fourth-order valence-electron chi connectivity index (χ4n) is 6.20. The lowest BCUT2D eigenvalue weighted by Crippen LogP contribution is -2.38. The number of nitrogens with zero attached hydrogens (tertiary/aromatic N) is 1. The minimum Gasteiger partial charge on any atom is -0.463 e. The van der Waals surface area contributed by atoms with Crippen LogP contribution in [0.25, 0.3) is 22.0 Å². The summed E-state index contributed by atoms with van der Waals surface area (Å²) < 4.78 is 21.7. The second-order valence-corrected chi connectivity index (χ2v) is 9.73. The number of ether oxygens (including phenoxy) is 1. The molecule has 2 aromatic carbocycles. The molecule has 0 bridgehead atoms. The number of hydrogen-bond acceptors (Lipinski definition) is 4. The van der Waals surface area contributed by atoms with Crippen molar-refractivity contribution in [1.29, 1.82) is 0 Å². The fourth-order valence-corrected chi connectivity index (χ4v) is 6.20. The zero-order valence-electron chi connectivity index (χ0n) is 19.0. The average Bonchev–Trinajstić information content (AvgIpc) is 3.11. The maximum absolute atomic E-state index is 14.8. The van der Waals surface area contributed by atoms with E-state index in [0.29, 0.717) is 34.8 Å². The first-order valence-electron chi connectivity index (χ1n) is 11.7. The molecule has 3 aliphatic rings. The number of aliphatic hydroxyl groups is 1. The highest BCUT2D eigenvalue weighted by molar-refractivity contribution is 5.97. The molecule has 0 spiro atoms. The number of carbonyl (C=O) groups is 1. The van der Waals surface area contributed by atoms with Crippen LogP contribution in [0.4, 0.5) is 4.39 Å². The molecule has 1 aromatic heterocycles. The van der Waals surface area contributed by atoms with Crippen LogP contribution in [-0.2, 0) is 34.5 Å². The van der Waals surface area contributed by atoms with Gasteiger partial charge in [-0.3, -0.25) is 4.79 Å². The molecule has 5 nitrogen and oxygen atoms in total. The van der Waals surface area contributed by atoms with Gasteiger partial charge in [-0.25, -0.2) is 9.18 Å². The normalized spacial score (nSPS) is 23.1. The summed E-state index contributed by atoms with van der Waals surface area (Å²) >= 11 is 0. The van der Waals surface area contributed by atoms with E-state index in [1.807, 2.05) is 13.0 Å². The molecule has 2 atom stereocenters. The van der Waals surface area contributed by atoms with Gasteiger partial charge in [0.1, 0.15) is 5.82 Å². The molecule has 3 heterocycles. The maximum Gasteiger partial charge on any atom is 0.342 e. The number of fused-ring (bicyclic) bond motifs is 5. The fraction of sp³-hybridized carbons (Fsp3) is 0.407. The molecule has 0 unspecified atom stereocenters. The van der Waals surface area contributed by atoms with E-state index in [0.717, 1.165) is 40.3 Å². The molecular formula is C27H26FNO4. The van der Waals surface area contributed by atoms with Crippen molar-refractivity contribution in [2.24, 2.45) is 0 Å². The average molecular weight is 448 g/mol. The number of esters is 1. The summed E-state index contributed by atoms with van der Waals surface area (Å²) in [5.74, 6) is -0.626. The van der Waals surface area contributed by atoms with Crippen molar-refractivity contribution in [3.8, 4) is 11.3 Å². The second kappa shape index (κ2) is 6.76. The lowest BCUT2D eigenvalue weighted by molar-refractivity contribution is -0.166. The summed E-state index contributed by atoms with van der Waals surface area (Å²) in [6, 6.07) is 5.36. The summed E-state index contributed by atoms with van der Waals surface area (Å²) in [6.45, 7) is 6.27. The first-order chi connectivity index (χ1) is 15.8. The number of aryl methyl sites for hydroxylation is 1. The molecule has 3 aromatic rings. The molecule has 6 rings (SSSR count). The SMILES string of the molecule is CC[C@@]1(O)C(=O)OCCc2c1cc1n(c2=O)Cc2c-1cc1cc(F)c(C)c3c1c2[C@@H](C)CC3. The maximum atomic E-state index is 14.8. The highest BCUT2D eigenvalue weighted by Crippen LogP contribution is 2.47. The Morgan fingerprint density at radius 1 is 1.18 bits per heavy atom. The van der Waals surface area contributed by atoms with Gasteiger partial charge in [-0.15, -0.1) is 0 Å². The first kappa shape index (κ1) is 20.6. The molecule has 0 saturated carbocycles. The summed E-state index contributed by atoms with van der Waals surface area (Å²) in [5, 5.41) is 13.2. The molecule has 6 heteroatoms. The number of aromatic nitrogens is 1. The Morgan fingerprint density at radius 2 is 1.97 bits per heavy atom. The van der Waals surface area contributed by atoms with Crippen molar-refractivity contribution in [3.05, 3.63) is 67.8 Å². The van der Waals surface area contributed by atoms with Crippen LogP contribution in [0.5, 0.6) is 0 Å². The molecular weight excluding hydrogens is 421 g/mol. The van der Waals surface area contributed by atoms with Crippen LogP contribution in [0.1, 0.15) is 66.0 Å². The Kier molecular flexibility index (Phi) is 4.22. The van der Waals surface area contributed by atoms with Crippen molar-refractivity contribution in [2.75, 3.05) is 6.61 Å². The quantitative estimate of drug-likeness (QED) is 0.444. The number of pyridine rings is 1. The minimum atomic E-state index is -1.85. The number of halogens is 1. The predicted molar refractivity (Wildman–Crippen MR) is 123 cm³/mol. The summed E-state index contributed by atoms with van der Waals surface area (Å²) in [6.07, 6.45) is 2.17. The number of hydrogen-bond donors (Lipinski definition) is 1. The van der Waals surface area contributed by atoms with Crippen LogP contribution in [0.2, 0.25) is 0 Å². The lowest BCUT2D eigenvalue weighted by Gasteiger charge is -2.27. The van der Waals surface area contributed by atoms with E-state index in [1.54, 1.807) is 23.6 Å². The summed E-state index contributed by atoms with van der Waals surface area (Å²) in [7, 11) is 0. The Labute approximate surface area is 190 Å².